The van der Waals surface area contributed by atoms with Crippen molar-refractivity contribution in [3.63, 3.8) is 0 Å². The molecule has 0 aliphatic carbocycles. The van der Waals surface area contributed by atoms with Crippen LogP contribution in [0.4, 0.5) is 5.69 Å². The Hall–Kier alpha value is -2.95. The van der Waals surface area contributed by atoms with Gasteiger partial charge in [-0.1, -0.05) is 31.5 Å². The van der Waals surface area contributed by atoms with Gasteiger partial charge in [0.1, 0.15) is 0 Å². The van der Waals surface area contributed by atoms with Crippen molar-refractivity contribution in [2.24, 2.45) is 0 Å². The first kappa shape index (κ1) is 15.9. The molecule has 122 valence electrons. The van der Waals surface area contributed by atoms with Crippen LogP contribution in [0.15, 0.2) is 48.5 Å². The Morgan fingerprint density at radius 2 is 1.71 bits per heavy atom. The van der Waals surface area contributed by atoms with Gasteiger partial charge in [-0.15, -0.1) is 0 Å². The average molecular weight is 323 g/mol. The van der Waals surface area contributed by atoms with Crippen LogP contribution in [0.25, 0.3) is 0 Å². The smallest absolute Gasteiger partial charge is 0.338 e. The van der Waals surface area contributed by atoms with Crippen LogP contribution in [-0.2, 0) is 4.74 Å². The first-order valence-corrected chi connectivity index (χ1v) is 7.88. The molecule has 0 saturated heterocycles. The number of rotatable bonds is 5. The molecule has 0 N–H and O–H groups in total. The van der Waals surface area contributed by atoms with Gasteiger partial charge in [-0.05, 0) is 36.8 Å². The SMILES string of the molecule is CCCCOC(=O)c1ccc2c(c1)C(=O)N(c1ccccc1)C2=O. The minimum Gasteiger partial charge on any atom is -0.462 e. The number of benzene rings is 2. The molecular weight excluding hydrogens is 306 g/mol. The molecular formula is C19H17NO4. The molecule has 0 fully saturated rings. The molecule has 0 saturated carbocycles. The normalized spacial score (nSPS) is 13.1. The van der Waals surface area contributed by atoms with Gasteiger partial charge in [-0.2, -0.15) is 0 Å². The maximum atomic E-state index is 12.6. The Kier molecular flexibility index (Phi) is 4.42. The van der Waals surface area contributed by atoms with Crippen molar-refractivity contribution in [2.75, 3.05) is 11.5 Å². The van der Waals surface area contributed by atoms with Crippen molar-refractivity contribution in [3.8, 4) is 0 Å². The van der Waals surface area contributed by atoms with E-state index in [2.05, 4.69) is 0 Å². The standard InChI is InChI=1S/C19H17NO4/c1-2-3-11-24-19(23)13-9-10-15-16(12-13)18(22)20(17(15)21)14-7-5-4-6-8-14/h4-10,12H,2-3,11H2,1H3. The maximum absolute atomic E-state index is 12.6. The summed E-state index contributed by atoms with van der Waals surface area (Å²) in [5.41, 5.74) is 1.32. The zero-order valence-electron chi connectivity index (χ0n) is 13.3. The Bertz CT molecular complexity index is 798. The van der Waals surface area contributed by atoms with E-state index in [4.69, 9.17) is 4.74 Å². The van der Waals surface area contributed by atoms with Gasteiger partial charge >= 0.3 is 5.97 Å². The van der Waals surface area contributed by atoms with Crippen molar-refractivity contribution in [1.29, 1.82) is 0 Å². The molecule has 2 aromatic carbocycles. The molecule has 24 heavy (non-hydrogen) atoms. The van der Waals surface area contributed by atoms with Crippen LogP contribution in [0.5, 0.6) is 0 Å². The monoisotopic (exact) mass is 323 g/mol. The fourth-order valence-corrected chi connectivity index (χ4v) is 2.57. The summed E-state index contributed by atoms with van der Waals surface area (Å²) in [6.07, 6.45) is 1.71. The summed E-state index contributed by atoms with van der Waals surface area (Å²) in [5, 5.41) is 0. The molecule has 1 aliphatic rings. The van der Waals surface area contributed by atoms with Crippen LogP contribution >= 0.6 is 0 Å². The van der Waals surface area contributed by atoms with Gasteiger partial charge < -0.3 is 4.74 Å². The highest BCUT2D eigenvalue weighted by molar-refractivity contribution is 6.34. The first-order valence-electron chi connectivity index (χ1n) is 7.88. The van der Waals surface area contributed by atoms with Gasteiger partial charge in [0.15, 0.2) is 0 Å². The number of unbranched alkanes of at least 4 members (excludes halogenated alkanes) is 1. The van der Waals surface area contributed by atoms with E-state index in [1.54, 1.807) is 24.3 Å². The van der Waals surface area contributed by atoms with Gasteiger partial charge in [-0.3, -0.25) is 9.59 Å². The van der Waals surface area contributed by atoms with Crippen LogP contribution in [0.1, 0.15) is 50.8 Å². The lowest BCUT2D eigenvalue weighted by atomic mass is 10.1. The number of hydrogen-bond acceptors (Lipinski definition) is 4. The molecule has 2 aromatic rings. The molecule has 0 unspecified atom stereocenters. The van der Waals surface area contributed by atoms with Gasteiger partial charge in [0.2, 0.25) is 0 Å². The molecule has 1 aliphatic heterocycles. The number of ether oxygens (including phenoxy) is 1. The summed E-state index contributed by atoms with van der Waals surface area (Å²) in [4.78, 5) is 38.2. The lowest BCUT2D eigenvalue weighted by Crippen LogP contribution is -2.29. The highest BCUT2D eigenvalue weighted by atomic mass is 16.5. The van der Waals surface area contributed by atoms with E-state index in [-0.39, 0.29) is 17.0 Å². The molecule has 3 rings (SSSR count). The maximum Gasteiger partial charge on any atom is 0.338 e. The minimum absolute atomic E-state index is 0.230. The molecule has 5 nitrogen and oxygen atoms in total. The van der Waals surface area contributed by atoms with E-state index in [0.717, 1.165) is 17.7 Å². The number of hydrogen-bond donors (Lipinski definition) is 0. The second-order valence-corrected chi connectivity index (χ2v) is 5.53. The first-order chi connectivity index (χ1) is 11.6. The fraction of sp³-hybridized carbons (Fsp3) is 0.211. The Balaban J connectivity index is 1.88. The molecule has 0 spiro atoms. The number of imide groups is 1. The van der Waals surface area contributed by atoms with Crippen LogP contribution in [0.2, 0.25) is 0 Å². The van der Waals surface area contributed by atoms with Gasteiger partial charge in [-0.25, -0.2) is 9.69 Å². The molecule has 5 heteroatoms. The van der Waals surface area contributed by atoms with Crippen LogP contribution in [0.3, 0.4) is 0 Å². The largest absolute Gasteiger partial charge is 0.462 e. The molecule has 0 aromatic heterocycles. The Morgan fingerprint density at radius 1 is 1.00 bits per heavy atom. The van der Waals surface area contributed by atoms with E-state index < -0.39 is 11.9 Å². The number of nitrogens with zero attached hydrogens (tertiary/aromatic N) is 1. The zero-order chi connectivity index (χ0) is 17.1. The quantitative estimate of drug-likeness (QED) is 0.480. The van der Waals surface area contributed by atoms with Crippen molar-refractivity contribution >= 4 is 23.5 Å². The van der Waals surface area contributed by atoms with E-state index >= 15 is 0 Å². The minimum atomic E-state index is -0.482. The van der Waals surface area contributed by atoms with Gasteiger partial charge in [0.25, 0.3) is 11.8 Å². The summed E-state index contributed by atoms with van der Waals surface area (Å²) in [6, 6.07) is 13.2. The number of anilines is 1. The van der Waals surface area contributed by atoms with Crippen molar-refractivity contribution in [2.45, 2.75) is 19.8 Å². The number of carbonyl (C=O) groups excluding carboxylic acids is 3. The topological polar surface area (TPSA) is 63.7 Å². The van der Waals surface area contributed by atoms with Crippen molar-refractivity contribution < 1.29 is 19.1 Å². The van der Waals surface area contributed by atoms with Crippen molar-refractivity contribution in [1.82, 2.24) is 0 Å². The average Bonchev–Trinajstić information content (AvgIpc) is 2.86. The van der Waals surface area contributed by atoms with E-state index in [1.807, 2.05) is 13.0 Å². The van der Waals surface area contributed by atoms with Gasteiger partial charge in [0.05, 0.1) is 29.0 Å². The number of para-hydroxylation sites is 1. The molecule has 2 amide bonds. The lowest BCUT2D eigenvalue weighted by molar-refractivity contribution is 0.0499. The van der Waals surface area contributed by atoms with Crippen LogP contribution < -0.4 is 4.90 Å². The molecule has 0 bridgehead atoms. The number of carbonyl (C=O) groups is 3. The summed E-state index contributed by atoms with van der Waals surface area (Å²) in [6.45, 7) is 2.35. The number of amides is 2. The second-order valence-electron chi connectivity index (χ2n) is 5.53. The van der Waals surface area contributed by atoms with Crippen LogP contribution in [-0.4, -0.2) is 24.4 Å². The second kappa shape index (κ2) is 6.66. The predicted octanol–water partition coefficient (Wildman–Crippen LogP) is 3.44. The predicted molar refractivity (Wildman–Crippen MR) is 89.2 cm³/mol. The number of esters is 1. The fourth-order valence-electron chi connectivity index (χ4n) is 2.57. The van der Waals surface area contributed by atoms with Crippen LogP contribution in [0, 0.1) is 0 Å². The lowest BCUT2D eigenvalue weighted by Gasteiger charge is -2.13. The Labute approximate surface area is 139 Å². The molecule has 1 heterocycles. The van der Waals surface area contributed by atoms with E-state index in [1.165, 1.54) is 18.2 Å². The highest BCUT2D eigenvalue weighted by Gasteiger charge is 2.37. The van der Waals surface area contributed by atoms with Crippen molar-refractivity contribution in [3.05, 3.63) is 65.2 Å². The molecule has 0 radical (unpaired) electrons. The molecule has 0 atom stereocenters. The summed E-state index contributed by atoms with van der Waals surface area (Å²) in [7, 11) is 0. The summed E-state index contributed by atoms with van der Waals surface area (Å²) in [5.74, 6) is -1.29. The third-order valence-electron chi connectivity index (χ3n) is 3.87. The number of fused-ring (bicyclic) bond motifs is 1. The third kappa shape index (κ3) is 2.80. The zero-order valence-corrected chi connectivity index (χ0v) is 13.3. The van der Waals surface area contributed by atoms with E-state index in [9.17, 15) is 14.4 Å². The summed E-state index contributed by atoms with van der Waals surface area (Å²) < 4.78 is 5.15. The highest BCUT2D eigenvalue weighted by Crippen LogP contribution is 2.29. The van der Waals surface area contributed by atoms with Gasteiger partial charge in [0, 0.05) is 0 Å². The van der Waals surface area contributed by atoms with E-state index in [0.29, 0.717) is 17.9 Å². The third-order valence-corrected chi connectivity index (χ3v) is 3.87. The Morgan fingerprint density at radius 3 is 2.42 bits per heavy atom. The summed E-state index contributed by atoms with van der Waals surface area (Å²) >= 11 is 0.